The first-order valence-electron chi connectivity index (χ1n) is 7.21. The van der Waals surface area contributed by atoms with Gasteiger partial charge in [-0.15, -0.1) is 0 Å². The Morgan fingerprint density at radius 2 is 1.79 bits per heavy atom. The van der Waals surface area contributed by atoms with E-state index in [0.717, 1.165) is 11.3 Å². The van der Waals surface area contributed by atoms with Crippen molar-refractivity contribution in [3.8, 4) is 0 Å². The molecule has 0 heterocycles. The molecule has 0 saturated heterocycles. The molecule has 2 rings (SSSR count). The highest BCUT2D eigenvalue weighted by Crippen LogP contribution is 2.27. The zero-order valence-corrected chi connectivity index (χ0v) is 14.5. The van der Waals surface area contributed by atoms with Crippen LogP contribution in [0.25, 0.3) is 0 Å². The largest absolute Gasteiger partial charge is 0.377 e. The second kappa shape index (κ2) is 6.88. The molecule has 0 atom stereocenters. The molecule has 2 aromatic rings. The minimum Gasteiger partial charge on any atom is -0.377 e. The molecule has 0 radical (unpaired) electrons. The Hall–Kier alpha value is -2.61. The first-order valence-corrected chi connectivity index (χ1v) is 8.86. The third-order valence-electron chi connectivity index (χ3n) is 3.59. The summed E-state index contributed by atoms with van der Waals surface area (Å²) in [6.07, 6.45) is 0. The first-order chi connectivity index (χ1) is 11.2. The van der Waals surface area contributed by atoms with Gasteiger partial charge < -0.3 is 4.90 Å². The fourth-order valence-electron chi connectivity index (χ4n) is 2.44. The average Bonchev–Trinajstić information content (AvgIpc) is 2.48. The number of anilines is 2. The van der Waals surface area contributed by atoms with Gasteiger partial charge in [-0.05, 0) is 24.6 Å². The molecule has 8 heteroatoms. The van der Waals surface area contributed by atoms with E-state index in [1.54, 1.807) is 18.2 Å². The summed E-state index contributed by atoms with van der Waals surface area (Å²) >= 11 is 0. The molecule has 24 heavy (non-hydrogen) atoms. The molecular formula is C16H19N3O4S. The van der Waals surface area contributed by atoms with Gasteiger partial charge in [0.1, 0.15) is 5.75 Å². The summed E-state index contributed by atoms with van der Waals surface area (Å²) in [5, 5.41) is 11.0. The Morgan fingerprint density at radius 3 is 2.42 bits per heavy atom. The van der Waals surface area contributed by atoms with Crippen molar-refractivity contribution in [3.05, 3.63) is 63.7 Å². The van der Waals surface area contributed by atoms with E-state index in [4.69, 9.17) is 0 Å². The fraction of sp³-hybridized carbons (Fsp3) is 0.250. The van der Waals surface area contributed by atoms with E-state index < -0.39 is 20.7 Å². The Kier molecular flexibility index (Phi) is 5.08. The predicted molar refractivity (Wildman–Crippen MR) is 94.8 cm³/mol. The van der Waals surface area contributed by atoms with Crippen LogP contribution in [0.2, 0.25) is 0 Å². The quantitative estimate of drug-likeness (QED) is 0.639. The Morgan fingerprint density at radius 1 is 1.12 bits per heavy atom. The van der Waals surface area contributed by atoms with Crippen molar-refractivity contribution in [1.82, 2.24) is 0 Å². The van der Waals surface area contributed by atoms with E-state index in [0.29, 0.717) is 5.69 Å². The van der Waals surface area contributed by atoms with Crippen molar-refractivity contribution in [3.63, 3.8) is 0 Å². The van der Waals surface area contributed by atoms with E-state index >= 15 is 0 Å². The van der Waals surface area contributed by atoms with E-state index in [2.05, 4.69) is 4.72 Å². The van der Waals surface area contributed by atoms with Crippen LogP contribution in [-0.4, -0.2) is 27.4 Å². The molecule has 0 amide bonds. The highest BCUT2D eigenvalue weighted by Gasteiger charge is 2.20. The van der Waals surface area contributed by atoms with Crippen molar-refractivity contribution in [2.45, 2.75) is 12.7 Å². The second-order valence-electron chi connectivity index (χ2n) is 5.59. The van der Waals surface area contributed by atoms with Gasteiger partial charge in [-0.1, -0.05) is 24.3 Å². The lowest BCUT2D eigenvalue weighted by molar-refractivity contribution is -0.385. The Labute approximate surface area is 141 Å². The number of hydrogen-bond donors (Lipinski definition) is 1. The van der Waals surface area contributed by atoms with Crippen molar-refractivity contribution in [2.24, 2.45) is 0 Å². The third-order valence-corrected chi connectivity index (χ3v) is 4.81. The van der Waals surface area contributed by atoms with Crippen molar-refractivity contribution in [2.75, 3.05) is 23.7 Å². The van der Waals surface area contributed by atoms with Crippen LogP contribution in [0.3, 0.4) is 0 Å². The van der Waals surface area contributed by atoms with Crippen LogP contribution in [0.5, 0.6) is 0 Å². The molecular weight excluding hydrogens is 330 g/mol. The van der Waals surface area contributed by atoms with Crippen LogP contribution >= 0.6 is 0 Å². The smallest absolute Gasteiger partial charge is 0.273 e. The van der Waals surface area contributed by atoms with Gasteiger partial charge >= 0.3 is 0 Å². The molecule has 128 valence electrons. The molecule has 2 aromatic carbocycles. The molecule has 0 aliphatic rings. The predicted octanol–water partition coefficient (Wildman–Crippen LogP) is 2.91. The molecule has 0 aliphatic carbocycles. The van der Waals surface area contributed by atoms with Gasteiger partial charge in [-0.2, -0.15) is 0 Å². The minimum atomic E-state index is -3.78. The molecule has 1 N–H and O–H groups in total. The number of para-hydroxylation sites is 1. The normalized spacial score (nSPS) is 11.1. The molecule has 0 aromatic heterocycles. The van der Waals surface area contributed by atoms with Crippen LogP contribution in [0.4, 0.5) is 17.1 Å². The minimum absolute atomic E-state index is 0.149. The maximum atomic E-state index is 12.4. The molecule has 0 spiro atoms. The zero-order chi connectivity index (χ0) is 17.9. The third kappa shape index (κ3) is 4.02. The van der Waals surface area contributed by atoms with Crippen LogP contribution in [0, 0.1) is 17.0 Å². The first kappa shape index (κ1) is 17.7. The molecule has 0 fully saturated rings. The van der Waals surface area contributed by atoms with Crippen molar-refractivity contribution >= 4 is 27.1 Å². The molecule has 0 unspecified atom stereocenters. The second-order valence-corrected chi connectivity index (χ2v) is 7.31. The lowest BCUT2D eigenvalue weighted by Gasteiger charge is -2.19. The summed E-state index contributed by atoms with van der Waals surface area (Å²) in [7, 11) is -0.0436. The number of nitrogens with zero attached hydrogens (tertiary/aromatic N) is 2. The van der Waals surface area contributed by atoms with Gasteiger partial charge in [0.2, 0.25) is 10.0 Å². The summed E-state index contributed by atoms with van der Waals surface area (Å²) in [4.78, 5) is 12.3. The number of rotatable bonds is 6. The standard InChI is InChI=1S/C16H19N3O4S/c1-12-14(8-6-10-15(12)18(2)3)17-24(22,23)11-13-7-4-5-9-16(13)19(20)21/h4-10,17H,11H2,1-3H3. The highest BCUT2D eigenvalue weighted by atomic mass is 32.2. The molecule has 0 bridgehead atoms. The maximum Gasteiger partial charge on any atom is 0.273 e. The number of benzene rings is 2. The summed E-state index contributed by atoms with van der Waals surface area (Å²) in [5.41, 5.74) is 2.08. The lowest BCUT2D eigenvalue weighted by Crippen LogP contribution is -2.18. The van der Waals surface area contributed by atoms with E-state index in [9.17, 15) is 18.5 Å². The molecule has 7 nitrogen and oxygen atoms in total. The zero-order valence-electron chi connectivity index (χ0n) is 13.7. The van der Waals surface area contributed by atoms with Crippen molar-refractivity contribution in [1.29, 1.82) is 0 Å². The van der Waals surface area contributed by atoms with Crippen LogP contribution in [0.1, 0.15) is 11.1 Å². The topological polar surface area (TPSA) is 92.5 Å². The van der Waals surface area contributed by atoms with E-state index in [-0.39, 0.29) is 11.3 Å². The fourth-order valence-corrected chi connectivity index (χ4v) is 3.72. The van der Waals surface area contributed by atoms with Crippen LogP contribution < -0.4 is 9.62 Å². The summed E-state index contributed by atoms with van der Waals surface area (Å²) in [6, 6.07) is 11.1. The van der Waals surface area contributed by atoms with Crippen LogP contribution in [-0.2, 0) is 15.8 Å². The number of sulfonamides is 1. The highest BCUT2D eigenvalue weighted by molar-refractivity contribution is 7.91. The van der Waals surface area contributed by atoms with Gasteiger partial charge in [0.05, 0.1) is 10.6 Å². The van der Waals surface area contributed by atoms with Gasteiger partial charge in [0.25, 0.3) is 5.69 Å². The SMILES string of the molecule is Cc1c(NS(=O)(=O)Cc2ccccc2[N+](=O)[O-])cccc1N(C)C. The number of nitro groups is 1. The monoisotopic (exact) mass is 349 g/mol. The number of nitrogens with one attached hydrogen (secondary N) is 1. The van der Waals surface area contributed by atoms with Gasteiger partial charge in [-0.25, -0.2) is 8.42 Å². The summed E-state index contributed by atoms with van der Waals surface area (Å²) in [5.74, 6) is -0.463. The molecule has 0 saturated carbocycles. The van der Waals surface area contributed by atoms with Gasteiger partial charge in [-0.3, -0.25) is 14.8 Å². The van der Waals surface area contributed by atoms with Crippen LogP contribution in [0.15, 0.2) is 42.5 Å². The summed E-state index contributed by atoms with van der Waals surface area (Å²) in [6.45, 7) is 1.82. The molecule has 0 aliphatic heterocycles. The Bertz CT molecular complexity index is 863. The van der Waals surface area contributed by atoms with E-state index in [1.165, 1.54) is 18.2 Å². The number of nitro benzene ring substituents is 1. The maximum absolute atomic E-state index is 12.4. The lowest BCUT2D eigenvalue weighted by atomic mass is 10.1. The van der Waals surface area contributed by atoms with E-state index in [1.807, 2.05) is 32.0 Å². The Balaban J connectivity index is 2.31. The number of hydrogen-bond acceptors (Lipinski definition) is 5. The van der Waals surface area contributed by atoms with Gasteiger partial charge in [0.15, 0.2) is 0 Å². The van der Waals surface area contributed by atoms with Crippen molar-refractivity contribution < 1.29 is 13.3 Å². The average molecular weight is 349 g/mol. The van der Waals surface area contributed by atoms with Gasteiger partial charge in [0, 0.05) is 31.4 Å². The summed E-state index contributed by atoms with van der Waals surface area (Å²) < 4.78 is 27.4.